The van der Waals surface area contributed by atoms with Crippen molar-refractivity contribution in [2.75, 3.05) is 13.2 Å². The molecular weight excluding hydrogens is 412 g/mol. The molecule has 0 N–H and O–H groups in total. The van der Waals surface area contributed by atoms with Gasteiger partial charge in [0.15, 0.2) is 6.61 Å². The number of esters is 2. The van der Waals surface area contributed by atoms with E-state index in [1.807, 2.05) is 25.1 Å². The van der Waals surface area contributed by atoms with Gasteiger partial charge in [-0.3, -0.25) is 0 Å². The lowest BCUT2D eigenvalue weighted by Crippen LogP contribution is -2.20. The van der Waals surface area contributed by atoms with E-state index >= 15 is 0 Å². The number of hydrogen-bond acceptors (Lipinski definition) is 7. The molecule has 7 heteroatoms. The molecule has 0 amide bonds. The van der Waals surface area contributed by atoms with Crippen LogP contribution in [0.2, 0.25) is 0 Å². The van der Waals surface area contributed by atoms with Gasteiger partial charge in [0, 0.05) is 11.5 Å². The van der Waals surface area contributed by atoms with E-state index in [4.69, 9.17) is 18.6 Å². The number of carbonyl (C=O) groups is 2. The number of hydrogen-bond donors (Lipinski definition) is 0. The summed E-state index contributed by atoms with van der Waals surface area (Å²) in [5.41, 5.74) is 1.12. The fourth-order valence-electron chi connectivity index (χ4n) is 3.16. The van der Waals surface area contributed by atoms with Crippen molar-refractivity contribution in [3.63, 3.8) is 0 Å². The maximum Gasteiger partial charge on any atom is 0.351 e. The monoisotopic (exact) mass is 438 g/mol. The molecule has 0 aliphatic heterocycles. The SMILES string of the molecule is CCOC(=O)c1cc2ccc(OC(=O)COc3ccc(C)cc3C(C)(C)C)cc2oc1=O. The van der Waals surface area contributed by atoms with Crippen molar-refractivity contribution < 1.29 is 28.2 Å². The maximum absolute atomic E-state index is 12.3. The first-order valence-corrected chi connectivity index (χ1v) is 10.3. The molecule has 7 nitrogen and oxygen atoms in total. The summed E-state index contributed by atoms with van der Waals surface area (Å²) in [6, 6.07) is 11.7. The van der Waals surface area contributed by atoms with Crippen molar-refractivity contribution in [2.45, 2.75) is 40.0 Å². The van der Waals surface area contributed by atoms with Crippen LogP contribution < -0.4 is 15.1 Å². The van der Waals surface area contributed by atoms with Crippen molar-refractivity contribution in [3.05, 3.63) is 69.6 Å². The van der Waals surface area contributed by atoms with E-state index < -0.39 is 17.6 Å². The third kappa shape index (κ3) is 5.35. The molecule has 0 aliphatic carbocycles. The van der Waals surface area contributed by atoms with Gasteiger partial charge in [0.1, 0.15) is 22.6 Å². The van der Waals surface area contributed by atoms with Crippen LogP contribution in [0.5, 0.6) is 11.5 Å². The smallest absolute Gasteiger partial charge is 0.351 e. The highest BCUT2D eigenvalue weighted by atomic mass is 16.6. The van der Waals surface area contributed by atoms with Crippen LogP contribution in [0.15, 0.2) is 51.7 Å². The molecule has 1 heterocycles. The average molecular weight is 438 g/mol. The molecule has 0 bridgehead atoms. The third-order valence-corrected chi connectivity index (χ3v) is 4.72. The van der Waals surface area contributed by atoms with Crippen LogP contribution in [-0.2, 0) is 14.9 Å². The van der Waals surface area contributed by atoms with Gasteiger partial charge in [-0.2, -0.15) is 0 Å². The lowest BCUT2D eigenvalue weighted by Gasteiger charge is -2.23. The van der Waals surface area contributed by atoms with Crippen LogP contribution >= 0.6 is 0 Å². The summed E-state index contributed by atoms with van der Waals surface area (Å²) in [6.45, 7) is 9.73. The fraction of sp³-hybridized carbons (Fsp3) is 0.320. The Morgan fingerprint density at radius 1 is 1.03 bits per heavy atom. The van der Waals surface area contributed by atoms with Gasteiger partial charge in [-0.15, -0.1) is 0 Å². The van der Waals surface area contributed by atoms with Crippen LogP contribution in [0.1, 0.15) is 49.2 Å². The Hall–Kier alpha value is -3.61. The van der Waals surface area contributed by atoms with Gasteiger partial charge >= 0.3 is 17.6 Å². The minimum absolute atomic E-state index is 0.146. The van der Waals surface area contributed by atoms with Gasteiger partial charge in [0.25, 0.3) is 0 Å². The lowest BCUT2D eigenvalue weighted by atomic mass is 9.85. The van der Waals surface area contributed by atoms with Gasteiger partial charge in [-0.25, -0.2) is 14.4 Å². The molecule has 0 aliphatic rings. The quantitative estimate of drug-likeness (QED) is 0.316. The van der Waals surface area contributed by atoms with Crippen molar-refractivity contribution >= 4 is 22.9 Å². The van der Waals surface area contributed by atoms with Crippen molar-refractivity contribution in [1.82, 2.24) is 0 Å². The van der Waals surface area contributed by atoms with E-state index in [0.717, 1.165) is 11.1 Å². The molecule has 2 aromatic carbocycles. The Kier molecular flexibility index (Phi) is 6.67. The predicted octanol–water partition coefficient (Wildman–Crippen LogP) is 4.56. The predicted molar refractivity (Wildman–Crippen MR) is 119 cm³/mol. The third-order valence-electron chi connectivity index (χ3n) is 4.72. The minimum Gasteiger partial charge on any atom is -0.482 e. The van der Waals surface area contributed by atoms with Gasteiger partial charge in [-0.05, 0) is 49.1 Å². The number of carbonyl (C=O) groups excluding carboxylic acids is 2. The summed E-state index contributed by atoms with van der Waals surface area (Å²) in [5.74, 6) is -0.536. The van der Waals surface area contributed by atoms with Gasteiger partial charge < -0.3 is 18.6 Å². The topological polar surface area (TPSA) is 92.0 Å². The summed E-state index contributed by atoms with van der Waals surface area (Å²) < 4.78 is 21.1. The number of aryl methyl sites for hydroxylation is 1. The molecule has 0 radical (unpaired) electrons. The molecule has 168 valence electrons. The minimum atomic E-state index is -0.822. The molecule has 0 atom stereocenters. The van der Waals surface area contributed by atoms with Crippen LogP contribution in [-0.4, -0.2) is 25.2 Å². The normalized spacial score (nSPS) is 11.3. The largest absolute Gasteiger partial charge is 0.482 e. The summed E-state index contributed by atoms with van der Waals surface area (Å²) in [6.07, 6.45) is 0. The van der Waals surface area contributed by atoms with E-state index in [1.165, 1.54) is 12.1 Å². The van der Waals surface area contributed by atoms with Crippen LogP contribution in [0.3, 0.4) is 0 Å². The van der Waals surface area contributed by atoms with Crippen molar-refractivity contribution in [1.29, 1.82) is 0 Å². The second kappa shape index (κ2) is 9.26. The zero-order valence-electron chi connectivity index (χ0n) is 18.8. The Balaban J connectivity index is 1.73. The standard InChI is InChI=1S/C25H26O7/c1-6-29-23(27)18-12-16-8-9-17(13-21(16)32-24(18)28)31-22(26)14-30-20-10-7-15(2)11-19(20)25(3,4)5/h7-13H,6,14H2,1-5H3. The zero-order valence-corrected chi connectivity index (χ0v) is 18.8. The van der Waals surface area contributed by atoms with Crippen molar-refractivity contribution in [3.8, 4) is 11.5 Å². The highest BCUT2D eigenvalue weighted by Crippen LogP contribution is 2.32. The van der Waals surface area contributed by atoms with Crippen LogP contribution in [0, 0.1) is 6.92 Å². The molecule has 0 fully saturated rings. The first-order valence-electron chi connectivity index (χ1n) is 10.3. The van der Waals surface area contributed by atoms with E-state index in [9.17, 15) is 14.4 Å². The zero-order chi connectivity index (χ0) is 23.5. The van der Waals surface area contributed by atoms with Crippen LogP contribution in [0.4, 0.5) is 0 Å². The molecule has 0 unspecified atom stereocenters. The number of fused-ring (bicyclic) bond motifs is 1. The first-order chi connectivity index (χ1) is 15.1. The van der Waals surface area contributed by atoms with E-state index in [-0.39, 0.29) is 35.5 Å². The molecule has 32 heavy (non-hydrogen) atoms. The summed E-state index contributed by atoms with van der Waals surface area (Å²) in [5, 5.41) is 0.498. The Morgan fingerprint density at radius 3 is 2.47 bits per heavy atom. The van der Waals surface area contributed by atoms with Gasteiger partial charge in [0.05, 0.1) is 6.61 Å². The van der Waals surface area contributed by atoms with Gasteiger partial charge in [-0.1, -0.05) is 38.5 Å². The molecule has 0 saturated heterocycles. The highest BCUT2D eigenvalue weighted by molar-refractivity contribution is 5.93. The summed E-state index contributed by atoms with van der Waals surface area (Å²) in [7, 11) is 0. The van der Waals surface area contributed by atoms with Gasteiger partial charge in [0.2, 0.25) is 0 Å². The Bertz CT molecular complexity index is 1220. The fourth-order valence-corrected chi connectivity index (χ4v) is 3.16. The molecule has 3 aromatic rings. The Morgan fingerprint density at radius 2 is 1.78 bits per heavy atom. The highest BCUT2D eigenvalue weighted by Gasteiger charge is 2.20. The summed E-state index contributed by atoms with van der Waals surface area (Å²) in [4.78, 5) is 36.3. The first kappa shape index (κ1) is 23.1. The molecular formula is C25H26O7. The Labute approximate surface area is 185 Å². The molecule has 0 saturated carbocycles. The number of ether oxygens (including phenoxy) is 3. The maximum atomic E-state index is 12.3. The molecule has 1 aromatic heterocycles. The van der Waals surface area contributed by atoms with E-state index in [1.54, 1.807) is 19.1 Å². The lowest BCUT2D eigenvalue weighted by molar-refractivity contribution is -0.136. The van der Waals surface area contributed by atoms with Crippen LogP contribution in [0.25, 0.3) is 11.0 Å². The van der Waals surface area contributed by atoms with E-state index in [0.29, 0.717) is 11.1 Å². The summed E-state index contributed by atoms with van der Waals surface area (Å²) >= 11 is 0. The number of rotatable bonds is 6. The molecule has 3 rings (SSSR count). The second-order valence-electron chi connectivity index (χ2n) is 8.38. The van der Waals surface area contributed by atoms with Crippen molar-refractivity contribution in [2.24, 2.45) is 0 Å². The number of benzene rings is 2. The second-order valence-corrected chi connectivity index (χ2v) is 8.38. The average Bonchev–Trinajstić information content (AvgIpc) is 2.71. The van der Waals surface area contributed by atoms with E-state index in [2.05, 4.69) is 20.8 Å². The molecule has 0 spiro atoms.